The van der Waals surface area contributed by atoms with Crippen molar-refractivity contribution in [1.82, 2.24) is 9.88 Å². The van der Waals surface area contributed by atoms with Crippen LogP contribution in [0.25, 0.3) is 22.6 Å². The van der Waals surface area contributed by atoms with E-state index < -0.39 is 51.1 Å². The first-order valence-corrected chi connectivity index (χ1v) is 15.3. The lowest BCUT2D eigenvalue weighted by Crippen LogP contribution is -2.60. The molecule has 9 nitrogen and oxygen atoms in total. The van der Waals surface area contributed by atoms with E-state index in [0.717, 1.165) is 10.4 Å². The van der Waals surface area contributed by atoms with Gasteiger partial charge in [-0.05, 0) is 72.9 Å². The van der Waals surface area contributed by atoms with Gasteiger partial charge >= 0.3 is 0 Å². The summed E-state index contributed by atoms with van der Waals surface area (Å²) in [7, 11) is 1.35. The van der Waals surface area contributed by atoms with E-state index in [2.05, 4.69) is 4.98 Å². The first-order valence-electron chi connectivity index (χ1n) is 14.6. The predicted octanol–water partition coefficient (Wildman–Crippen LogP) is 5.39. The molecule has 4 amide bonds. The van der Waals surface area contributed by atoms with Crippen LogP contribution in [-0.4, -0.2) is 55.4 Å². The summed E-state index contributed by atoms with van der Waals surface area (Å²) in [6.45, 7) is 0. The van der Waals surface area contributed by atoms with Crippen LogP contribution in [0, 0.1) is 17.8 Å². The maximum atomic E-state index is 14.2. The van der Waals surface area contributed by atoms with Crippen LogP contribution in [-0.2, 0) is 19.2 Å². The average molecular weight is 642 g/mol. The molecule has 0 bridgehead atoms. The molecule has 8 rings (SSSR count). The highest BCUT2D eigenvalue weighted by atomic mass is 35.5. The number of phenols is 1. The van der Waals surface area contributed by atoms with Crippen LogP contribution in [0.2, 0.25) is 0 Å². The zero-order valence-electron chi connectivity index (χ0n) is 23.8. The SMILES string of the molecule is CN1C(=O)[C@]2(Cl)C[C@@H]3C(=CC[C@@H]4C(=O)N(c5ccc(-c6nc7ccccc7o6)cc5)C(=O)[C@@H]43)[C@H](c3ccc(O)cc3)[C@]2(Cl)C1=O. The van der Waals surface area contributed by atoms with Gasteiger partial charge in [0.2, 0.25) is 17.7 Å². The van der Waals surface area contributed by atoms with E-state index in [-0.39, 0.29) is 24.5 Å². The Bertz CT molecular complexity index is 1960. The summed E-state index contributed by atoms with van der Waals surface area (Å²) >= 11 is 14.4. The van der Waals surface area contributed by atoms with Gasteiger partial charge in [0.1, 0.15) is 11.3 Å². The van der Waals surface area contributed by atoms with Crippen LogP contribution in [0.5, 0.6) is 5.75 Å². The minimum absolute atomic E-state index is 0.0184. The van der Waals surface area contributed by atoms with Gasteiger partial charge in [0.25, 0.3) is 11.8 Å². The topological polar surface area (TPSA) is 121 Å². The number of imide groups is 2. The molecule has 2 aliphatic heterocycles. The summed E-state index contributed by atoms with van der Waals surface area (Å²) in [5, 5.41) is 9.97. The Balaban J connectivity index is 1.17. The van der Waals surface area contributed by atoms with Crippen molar-refractivity contribution in [3.8, 4) is 17.2 Å². The summed E-state index contributed by atoms with van der Waals surface area (Å²) in [5.41, 5.74) is 3.74. The third-order valence-corrected chi connectivity index (χ3v) is 11.3. The van der Waals surface area contributed by atoms with Crippen molar-refractivity contribution < 1.29 is 28.7 Å². The van der Waals surface area contributed by atoms with Crippen molar-refractivity contribution >= 4 is 63.6 Å². The number of benzene rings is 3. The molecule has 1 aromatic heterocycles. The third kappa shape index (κ3) is 3.65. The molecule has 226 valence electrons. The second-order valence-electron chi connectivity index (χ2n) is 12.1. The first-order chi connectivity index (χ1) is 21.5. The van der Waals surface area contributed by atoms with Crippen molar-refractivity contribution in [2.45, 2.75) is 28.5 Å². The number of oxazole rings is 1. The normalized spacial score (nSPS) is 30.9. The Morgan fingerprint density at radius 1 is 0.889 bits per heavy atom. The first kappa shape index (κ1) is 28.0. The maximum Gasteiger partial charge on any atom is 0.253 e. The number of fused-ring (bicyclic) bond motifs is 5. The molecule has 6 atom stereocenters. The fourth-order valence-electron chi connectivity index (χ4n) is 7.79. The fraction of sp³-hybridized carbons (Fsp3) is 0.265. The van der Waals surface area contributed by atoms with Crippen LogP contribution in [0.15, 0.2) is 88.9 Å². The molecule has 0 radical (unpaired) electrons. The van der Waals surface area contributed by atoms with Crippen molar-refractivity contribution in [2.75, 3.05) is 11.9 Å². The number of anilines is 1. The number of phenolic OH excluding ortho intramolecular Hbond substituents is 1. The molecule has 3 fully saturated rings. The number of alkyl halides is 2. The van der Waals surface area contributed by atoms with Gasteiger partial charge in [-0.1, -0.05) is 35.9 Å². The second kappa shape index (κ2) is 9.52. The van der Waals surface area contributed by atoms with Crippen LogP contribution in [0.3, 0.4) is 0 Å². The van der Waals surface area contributed by atoms with Gasteiger partial charge in [0.05, 0.1) is 17.5 Å². The number of aromatic hydroxyl groups is 1. The van der Waals surface area contributed by atoms with Crippen molar-refractivity contribution in [1.29, 1.82) is 0 Å². The van der Waals surface area contributed by atoms with Crippen molar-refractivity contribution in [2.24, 2.45) is 17.8 Å². The van der Waals surface area contributed by atoms with Crippen LogP contribution in [0.1, 0.15) is 24.3 Å². The molecule has 11 heteroatoms. The molecule has 0 spiro atoms. The number of allylic oxidation sites excluding steroid dienone is 2. The molecule has 3 aromatic carbocycles. The summed E-state index contributed by atoms with van der Waals surface area (Å²) in [4.78, 5) is 58.2. The molecule has 4 aromatic rings. The lowest BCUT2D eigenvalue weighted by molar-refractivity contribution is -0.138. The number of carbonyl (C=O) groups is 4. The highest BCUT2D eigenvalue weighted by molar-refractivity contribution is 6.53. The van der Waals surface area contributed by atoms with E-state index in [1.54, 1.807) is 36.4 Å². The van der Waals surface area contributed by atoms with Crippen molar-refractivity contribution in [3.63, 3.8) is 0 Å². The summed E-state index contributed by atoms with van der Waals surface area (Å²) in [6, 6.07) is 20.5. The Hall–Kier alpha value is -4.47. The van der Waals surface area contributed by atoms with Gasteiger partial charge in [-0.25, -0.2) is 4.98 Å². The van der Waals surface area contributed by atoms with E-state index in [9.17, 15) is 24.3 Å². The quantitative estimate of drug-likeness (QED) is 0.181. The Kier molecular flexibility index (Phi) is 5.93. The Morgan fingerprint density at radius 3 is 2.31 bits per heavy atom. The van der Waals surface area contributed by atoms with Gasteiger partial charge in [-0.3, -0.25) is 29.0 Å². The summed E-state index contributed by atoms with van der Waals surface area (Å²) in [6.07, 6.45) is 2.05. The van der Waals surface area contributed by atoms with Crippen LogP contribution in [0.4, 0.5) is 5.69 Å². The van der Waals surface area contributed by atoms with Gasteiger partial charge in [-0.15, -0.1) is 23.2 Å². The summed E-state index contributed by atoms with van der Waals surface area (Å²) < 4.78 is 5.87. The van der Waals surface area contributed by atoms with Gasteiger partial charge in [-0.2, -0.15) is 0 Å². The number of para-hydroxylation sites is 2. The van der Waals surface area contributed by atoms with E-state index in [1.165, 1.54) is 24.1 Å². The standard InChI is InChI=1S/C34H25Cl2N3O6/c1-38-31(43)33(35)16-23-21(27(34(33,36)32(38)44)17-8-12-20(40)13-9-17)14-15-22-26(23)30(42)39(29(22)41)19-10-6-18(7-11-19)28-37-24-4-2-3-5-25(24)45-28/h2-14,22-23,26-27,40H,15-16H2,1H3/t22-,23+,26-,27-,33+,34-/m0/s1. The lowest BCUT2D eigenvalue weighted by Gasteiger charge is -2.50. The number of halogens is 2. The van der Waals surface area contributed by atoms with E-state index in [0.29, 0.717) is 33.9 Å². The molecule has 2 aliphatic carbocycles. The van der Waals surface area contributed by atoms with Gasteiger partial charge in [0.15, 0.2) is 15.3 Å². The number of hydrogen-bond acceptors (Lipinski definition) is 7. The van der Waals surface area contributed by atoms with Gasteiger partial charge in [0, 0.05) is 18.5 Å². The Morgan fingerprint density at radius 2 is 1.60 bits per heavy atom. The summed E-state index contributed by atoms with van der Waals surface area (Å²) in [5.74, 6) is -4.54. The molecule has 3 heterocycles. The number of hydrogen-bond donors (Lipinski definition) is 1. The fourth-order valence-corrected chi connectivity index (χ4v) is 8.81. The molecule has 0 unspecified atom stereocenters. The number of nitrogens with zero attached hydrogens (tertiary/aromatic N) is 3. The van der Waals surface area contributed by atoms with Crippen LogP contribution >= 0.6 is 23.2 Å². The number of rotatable bonds is 3. The van der Waals surface area contributed by atoms with E-state index in [1.807, 2.05) is 30.3 Å². The number of amides is 4. The highest BCUT2D eigenvalue weighted by Gasteiger charge is 2.75. The molecule has 45 heavy (non-hydrogen) atoms. The zero-order chi connectivity index (χ0) is 31.4. The maximum absolute atomic E-state index is 14.2. The van der Waals surface area contributed by atoms with E-state index in [4.69, 9.17) is 27.6 Å². The lowest BCUT2D eigenvalue weighted by atomic mass is 9.56. The monoisotopic (exact) mass is 641 g/mol. The highest BCUT2D eigenvalue weighted by Crippen LogP contribution is 2.65. The predicted molar refractivity (Wildman–Crippen MR) is 166 cm³/mol. The molecular weight excluding hydrogens is 617 g/mol. The average Bonchev–Trinajstić information content (AvgIpc) is 3.63. The van der Waals surface area contributed by atoms with Crippen molar-refractivity contribution in [3.05, 3.63) is 90.0 Å². The Labute approximate surface area is 267 Å². The molecular formula is C34H25Cl2N3O6. The van der Waals surface area contributed by atoms with Gasteiger partial charge < -0.3 is 9.52 Å². The minimum atomic E-state index is -1.86. The third-order valence-electron chi connectivity index (χ3n) is 9.91. The molecule has 2 saturated heterocycles. The molecule has 1 N–H and O–H groups in total. The van der Waals surface area contributed by atoms with Crippen LogP contribution < -0.4 is 4.90 Å². The smallest absolute Gasteiger partial charge is 0.253 e. The molecule has 1 saturated carbocycles. The van der Waals surface area contributed by atoms with E-state index >= 15 is 0 Å². The number of carbonyl (C=O) groups excluding carboxylic acids is 4. The second-order valence-corrected chi connectivity index (χ2v) is 13.4. The molecule has 4 aliphatic rings. The zero-order valence-corrected chi connectivity index (χ0v) is 25.3. The number of aromatic nitrogens is 1. The number of likely N-dealkylation sites (tertiary alicyclic amines) is 1. The minimum Gasteiger partial charge on any atom is -0.508 e. The largest absolute Gasteiger partial charge is 0.508 e.